The average Bonchev–Trinajstić information content (AvgIpc) is 3.71. The molecule has 238 valence electrons. The number of anilines is 2. The lowest BCUT2D eigenvalue weighted by molar-refractivity contribution is 0.780. The van der Waals surface area contributed by atoms with Crippen molar-refractivity contribution in [2.24, 2.45) is 4.99 Å². The zero-order chi connectivity index (χ0) is 33.0. The van der Waals surface area contributed by atoms with Crippen molar-refractivity contribution >= 4 is 34.6 Å². The molecule has 7 aromatic rings. The fourth-order valence-corrected chi connectivity index (χ4v) is 8.01. The number of pyridine rings is 2. The second kappa shape index (κ2) is 11.7. The van der Waals surface area contributed by atoms with Gasteiger partial charge in [0.25, 0.3) is 0 Å². The second-order valence-corrected chi connectivity index (χ2v) is 13.2. The van der Waals surface area contributed by atoms with Crippen LogP contribution in [0.4, 0.5) is 11.4 Å². The molecule has 0 N–H and O–H groups in total. The maximum atomic E-state index is 5.27. The number of aryl methyl sites for hydroxylation is 1. The van der Waals surface area contributed by atoms with E-state index in [9.17, 15) is 0 Å². The van der Waals surface area contributed by atoms with E-state index in [0.29, 0.717) is 0 Å². The van der Waals surface area contributed by atoms with Crippen LogP contribution < -0.4 is 4.90 Å². The van der Waals surface area contributed by atoms with E-state index >= 15 is 0 Å². The van der Waals surface area contributed by atoms with Gasteiger partial charge in [0.1, 0.15) is 0 Å². The molecular formula is C45H33N5. The zero-order valence-electron chi connectivity index (χ0n) is 27.4. The van der Waals surface area contributed by atoms with Crippen LogP contribution in [0, 0.1) is 0 Å². The van der Waals surface area contributed by atoms with Crippen molar-refractivity contribution in [1.82, 2.24) is 14.5 Å². The normalized spacial score (nSPS) is 17.2. The largest absolute Gasteiger partial charge is 0.333 e. The molecule has 0 fully saturated rings. The Morgan fingerprint density at radius 1 is 0.680 bits per heavy atom. The Labute approximate surface area is 291 Å². The maximum Gasteiger partial charge on any atom is 0.0715 e. The number of nitrogens with zero attached hydrogens (tertiary/aromatic N) is 5. The van der Waals surface area contributed by atoms with E-state index < -0.39 is 0 Å². The fraction of sp³-hybridized carbons (Fsp3) is 0.0889. The molecule has 5 heterocycles. The lowest BCUT2D eigenvalue weighted by Crippen LogP contribution is -2.29. The molecule has 0 spiro atoms. The smallest absolute Gasteiger partial charge is 0.0715 e. The molecule has 0 bridgehead atoms. The van der Waals surface area contributed by atoms with Crippen molar-refractivity contribution in [3.8, 4) is 39.3 Å². The highest BCUT2D eigenvalue weighted by Crippen LogP contribution is 2.46. The SMILES string of the molecule is C1=Cc2c(c3cnccc3n2-c2ccc(-c3cc(-c4ccccc4)cc(-c4ccc(N5c6ccccc6C6C=NC=CC65)cc4)n3)cc2)CC1. The van der Waals surface area contributed by atoms with Crippen LogP contribution in [0.1, 0.15) is 29.2 Å². The van der Waals surface area contributed by atoms with Gasteiger partial charge in [0.05, 0.1) is 22.9 Å². The molecule has 0 radical (unpaired) electrons. The number of hydrogen-bond donors (Lipinski definition) is 0. The molecule has 0 amide bonds. The van der Waals surface area contributed by atoms with Crippen LogP contribution in [-0.4, -0.2) is 26.8 Å². The Morgan fingerprint density at radius 3 is 2.22 bits per heavy atom. The molecular weight excluding hydrogens is 611 g/mol. The predicted molar refractivity (Wildman–Crippen MR) is 205 cm³/mol. The Bertz CT molecular complexity index is 2490. The maximum absolute atomic E-state index is 5.27. The summed E-state index contributed by atoms with van der Waals surface area (Å²) in [5.74, 6) is 0.254. The van der Waals surface area contributed by atoms with Crippen molar-refractivity contribution < 1.29 is 0 Å². The third-order valence-electron chi connectivity index (χ3n) is 10.4. The van der Waals surface area contributed by atoms with Crippen molar-refractivity contribution in [2.75, 3.05) is 4.90 Å². The van der Waals surface area contributed by atoms with Crippen molar-refractivity contribution in [3.05, 3.63) is 169 Å². The number of aliphatic imine (C=N–C) groups is 1. The van der Waals surface area contributed by atoms with E-state index in [-0.39, 0.29) is 12.0 Å². The molecule has 4 aromatic carbocycles. The van der Waals surface area contributed by atoms with E-state index in [1.165, 1.54) is 39.0 Å². The van der Waals surface area contributed by atoms with Gasteiger partial charge in [-0.05, 0) is 95.8 Å². The van der Waals surface area contributed by atoms with Crippen LogP contribution in [0.5, 0.6) is 0 Å². The minimum atomic E-state index is 0.215. The first-order valence-corrected chi connectivity index (χ1v) is 17.3. The van der Waals surface area contributed by atoms with Gasteiger partial charge in [-0.2, -0.15) is 0 Å². The molecule has 3 aliphatic rings. The van der Waals surface area contributed by atoms with E-state index in [0.717, 1.165) is 52.3 Å². The van der Waals surface area contributed by atoms with Gasteiger partial charge in [0.15, 0.2) is 0 Å². The van der Waals surface area contributed by atoms with Crippen molar-refractivity contribution in [2.45, 2.75) is 24.8 Å². The Morgan fingerprint density at radius 2 is 1.42 bits per heavy atom. The van der Waals surface area contributed by atoms with E-state index in [1.54, 1.807) is 0 Å². The average molecular weight is 644 g/mol. The minimum absolute atomic E-state index is 0.215. The third-order valence-corrected chi connectivity index (χ3v) is 10.4. The number of aromatic nitrogens is 3. The molecule has 0 saturated heterocycles. The first-order chi connectivity index (χ1) is 24.8. The molecule has 2 atom stereocenters. The first-order valence-electron chi connectivity index (χ1n) is 17.3. The highest BCUT2D eigenvalue weighted by molar-refractivity contribution is 5.90. The molecule has 50 heavy (non-hydrogen) atoms. The summed E-state index contributed by atoms with van der Waals surface area (Å²) in [7, 11) is 0. The molecule has 2 aliphatic heterocycles. The number of para-hydroxylation sites is 1. The van der Waals surface area contributed by atoms with E-state index in [4.69, 9.17) is 4.98 Å². The number of benzene rings is 4. The summed E-state index contributed by atoms with van der Waals surface area (Å²) < 4.78 is 2.36. The summed E-state index contributed by atoms with van der Waals surface area (Å²) in [4.78, 5) is 16.6. The highest BCUT2D eigenvalue weighted by atomic mass is 15.2. The van der Waals surface area contributed by atoms with Crippen LogP contribution in [0.2, 0.25) is 0 Å². The lowest BCUT2D eigenvalue weighted by Gasteiger charge is -2.28. The van der Waals surface area contributed by atoms with Gasteiger partial charge in [0.2, 0.25) is 0 Å². The highest BCUT2D eigenvalue weighted by Gasteiger charge is 2.37. The molecule has 0 saturated carbocycles. The van der Waals surface area contributed by atoms with Gasteiger partial charge in [-0.1, -0.05) is 78.9 Å². The lowest BCUT2D eigenvalue weighted by atomic mass is 9.95. The summed E-state index contributed by atoms with van der Waals surface area (Å²) in [5, 5.41) is 1.24. The Kier molecular flexibility index (Phi) is 6.69. The first kappa shape index (κ1) is 28.7. The summed E-state index contributed by atoms with van der Waals surface area (Å²) in [6.07, 6.45) is 16.7. The quantitative estimate of drug-likeness (QED) is 0.188. The molecule has 5 heteroatoms. The number of rotatable bonds is 5. The van der Waals surface area contributed by atoms with Crippen LogP contribution in [0.15, 0.2) is 157 Å². The molecule has 1 aliphatic carbocycles. The van der Waals surface area contributed by atoms with Gasteiger partial charge in [-0.15, -0.1) is 0 Å². The molecule has 3 aromatic heterocycles. The Balaban J connectivity index is 1.04. The molecule has 10 rings (SSSR count). The Hall–Kier alpha value is -6.33. The van der Waals surface area contributed by atoms with Crippen LogP contribution in [0.25, 0.3) is 56.3 Å². The molecule has 2 unspecified atom stereocenters. The third kappa shape index (κ3) is 4.66. The standard InChI is InChI=1S/C45H33N5/c1-2-8-30(9-3-1)33-26-40(31-14-18-34(19-15-31)49-42-12-6-4-10-36(42)38-28-46-24-22-44(38)49)48-41(27-33)32-16-20-35(21-17-32)50-43-13-7-5-11-37(43)39-29-47-25-23-45(39)50/h1-4,6-10,12-29,38,44H,5,11H2. The monoisotopic (exact) mass is 643 g/mol. The van der Waals surface area contributed by atoms with Crippen LogP contribution in [0.3, 0.4) is 0 Å². The summed E-state index contributed by atoms with van der Waals surface area (Å²) >= 11 is 0. The van der Waals surface area contributed by atoms with E-state index in [2.05, 4.69) is 165 Å². The minimum Gasteiger partial charge on any atom is -0.333 e. The van der Waals surface area contributed by atoms with Crippen molar-refractivity contribution in [1.29, 1.82) is 0 Å². The van der Waals surface area contributed by atoms with Gasteiger partial charge in [-0.25, -0.2) is 4.98 Å². The number of allylic oxidation sites excluding steroid dienone is 1. The summed E-state index contributed by atoms with van der Waals surface area (Å²) in [5.41, 5.74) is 15.1. The van der Waals surface area contributed by atoms with Crippen molar-refractivity contribution in [3.63, 3.8) is 0 Å². The molecule has 5 nitrogen and oxygen atoms in total. The topological polar surface area (TPSA) is 46.3 Å². The number of fused-ring (bicyclic) bond motifs is 6. The summed E-state index contributed by atoms with van der Waals surface area (Å²) in [6, 6.07) is 43.7. The van der Waals surface area contributed by atoms with E-state index in [1.807, 2.05) is 18.6 Å². The predicted octanol–water partition coefficient (Wildman–Crippen LogP) is 10.6. The van der Waals surface area contributed by atoms with Gasteiger partial charge in [-0.3, -0.25) is 9.98 Å². The zero-order valence-corrected chi connectivity index (χ0v) is 27.4. The van der Waals surface area contributed by atoms with Gasteiger partial charge < -0.3 is 9.47 Å². The van der Waals surface area contributed by atoms with Gasteiger partial charge >= 0.3 is 0 Å². The summed E-state index contributed by atoms with van der Waals surface area (Å²) in [6.45, 7) is 0. The second-order valence-electron chi connectivity index (χ2n) is 13.2. The van der Waals surface area contributed by atoms with Gasteiger partial charge in [0, 0.05) is 70.0 Å². The van der Waals surface area contributed by atoms with Crippen LogP contribution in [-0.2, 0) is 6.42 Å². The van der Waals surface area contributed by atoms with Crippen LogP contribution >= 0.6 is 0 Å². The fourth-order valence-electron chi connectivity index (χ4n) is 8.01. The number of hydrogen-bond acceptors (Lipinski definition) is 4.